The molecule has 28 heavy (non-hydrogen) atoms. The van der Waals surface area contributed by atoms with Crippen LogP contribution in [0.2, 0.25) is 0 Å². The van der Waals surface area contributed by atoms with Gasteiger partial charge in [-0.3, -0.25) is 10.2 Å². The number of rotatable bonds is 8. The van der Waals surface area contributed by atoms with Crippen LogP contribution in [0.5, 0.6) is 11.5 Å². The Balaban J connectivity index is 1.53. The van der Waals surface area contributed by atoms with Crippen LogP contribution in [0, 0.1) is 0 Å². The molecule has 146 valence electrons. The maximum Gasteiger partial charge on any atom is 0.272 e. The molecule has 1 amide bonds. The minimum absolute atomic E-state index is 0.00620. The van der Waals surface area contributed by atoms with Gasteiger partial charge < -0.3 is 9.47 Å². The highest BCUT2D eigenvalue weighted by Gasteiger charge is 2.15. The maximum atomic E-state index is 12.2. The van der Waals surface area contributed by atoms with Gasteiger partial charge >= 0.3 is 0 Å². The SMILES string of the molecule is CCOc1ccc(S(=O)(=O)NNC(=O)COc2ccc3ccccc3c2)cc1. The van der Waals surface area contributed by atoms with Crippen molar-refractivity contribution in [1.29, 1.82) is 0 Å². The fourth-order valence-electron chi connectivity index (χ4n) is 2.51. The third kappa shape index (κ3) is 4.99. The highest BCUT2D eigenvalue weighted by Crippen LogP contribution is 2.20. The van der Waals surface area contributed by atoms with E-state index < -0.39 is 15.9 Å². The zero-order chi connectivity index (χ0) is 20.0. The third-order valence-electron chi connectivity index (χ3n) is 3.86. The molecule has 0 aliphatic heterocycles. The molecule has 0 aliphatic rings. The van der Waals surface area contributed by atoms with Gasteiger partial charge in [-0.05, 0) is 54.1 Å². The van der Waals surface area contributed by atoms with E-state index in [9.17, 15) is 13.2 Å². The number of benzene rings is 3. The Bertz CT molecular complexity index is 1070. The molecule has 0 aliphatic carbocycles. The van der Waals surface area contributed by atoms with Gasteiger partial charge in [0.1, 0.15) is 11.5 Å². The molecule has 3 rings (SSSR count). The van der Waals surface area contributed by atoms with Gasteiger partial charge in [0.15, 0.2) is 6.61 Å². The smallest absolute Gasteiger partial charge is 0.272 e. The lowest BCUT2D eigenvalue weighted by Gasteiger charge is -2.10. The zero-order valence-corrected chi connectivity index (χ0v) is 16.0. The van der Waals surface area contributed by atoms with E-state index in [4.69, 9.17) is 9.47 Å². The van der Waals surface area contributed by atoms with Crippen molar-refractivity contribution in [2.45, 2.75) is 11.8 Å². The molecule has 0 saturated carbocycles. The lowest BCUT2D eigenvalue weighted by molar-refractivity contribution is -0.123. The lowest BCUT2D eigenvalue weighted by atomic mass is 10.1. The molecule has 7 nitrogen and oxygen atoms in total. The molecule has 0 radical (unpaired) electrons. The largest absolute Gasteiger partial charge is 0.494 e. The number of ether oxygens (including phenoxy) is 2. The van der Waals surface area contributed by atoms with Gasteiger partial charge in [0.2, 0.25) is 0 Å². The fourth-order valence-corrected chi connectivity index (χ4v) is 3.37. The summed E-state index contributed by atoms with van der Waals surface area (Å²) in [5.41, 5.74) is 2.14. The molecule has 0 saturated heterocycles. The van der Waals surface area contributed by atoms with E-state index in [1.165, 1.54) is 12.1 Å². The van der Waals surface area contributed by atoms with Crippen molar-refractivity contribution in [2.75, 3.05) is 13.2 Å². The minimum Gasteiger partial charge on any atom is -0.494 e. The molecular formula is C20H20N2O5S. The standard InChI is InChI=1S/C20H20N2O5S/c1-2-26-17-9-11-19(12-10-17)28(24,25)22-21-20(23)14-27-18-8-7-15-5-3-4-6-16(15)13-18/h3-13,22H,2,14H2,1H3,(H,21,23). The summed E-state index contributed by atoms with van der Waals surface area (Å²) in [5.74, 6) is 0.458. The molecular weight excluding hydrogens is 380 g/mol. The van der Waals surface area contributed by atoms with Crippen LogP contribution in [-0.2, 0) is 14.8 Å². The van der Waals surface area contributed by atoms with Crippen LogP contribution in [0.3, 0.4) is 0 Å². The Morgan fingerprint density at radius 3 is 2.29 bits per heavy atom. The second-order valence-electron chi connectivity index (χ2n) is 5.86. The Hall–Kier alpha value is -3.10. The van der Waals surface area contributed by atoms with Crippen LogP contribution in [0.4, 0.5) is 0 Å². The summed E-state index contributed by atoms with van der Waals surface area (Å²) >= 11 is 0. The highest BCUT2D eigenvalue weighted by molar-refractivity contribution is 7.89. The summed E-state index contributed by atoms with van der Waals surface area (Å²) < 4.78 is 35.1. The second kappa shape index (κ2) is 8.73. The van der Waals surface area contributed by atoms with Crippen molar-refractivity contribution in [3.05, 3.63) is 66.7 Å². The molecule has 0 aromatic heterocycles. The third-order valence-corrected chi connectivity index (χ3v) is 5.12. The van der Waals surface area contributed by atoms with Gasteiger partial charge in [-0.2, -0.15) is 0 Å². The number of hydrazine groups is 1. The van der Waals surface area contributed by atoms with Gasteiger partial charge in [0.05, 0.1) is 11.5 Å². The van der Waals surface area contributed by atoms with Crippen LogP contribution in [0.15, 0.2) is 71.6 Å². The summed E-state index contributed by atoms with van der Waals surface area (Å²) in [5, 5.41) is 2.04. The first kappa shape index (κ1) is 19.7. The van der Waals surface area contributed by atoms with Crippen LogP contribution in [0.1, 0.15) is 6.92 Å². The zero-order valence-electron chi connectivity index (χ0n) is 15.2. The van der Waals surface area contributed by atoms with Gasteiger partial charge in [0.25, 0.3) is 15.9 Å². The summed E-state index contributed by atoms with van der Waals surface area (Å²) in [7, 11) is -3.89. The summed E-state index contributed by atoms with van der Waals surface area (Å²) in [6.07, 6.45) is 0. The lowest BCUT2D eigenvalue weighted by Crippen LogP contribution is -2.43. The van der Waals surface area contributed by atoms with E-state index in [2.05, 4.69) is 5.43 Å². The Labute approximate surface area is 163 Å². The van der Waals surface area contributed by atoms with Crippen molar-refractivity contribution in [3.63, 3.8) is 0 Å². The number of carbonyl (C=O) groups excluding carboxylic acids is 1. The molecule has 0 spiro atoms. The van der Waals surface area contributed by atoms with Crippen molar-refractivity contribution < 1.29 is 22.7 Å². The maximum absolute atomic E-state index is 12.2. The van der Waals surface area contributed by atoms with Crippen molar-refractivity contribution in [2.24, 2.45) is 0 Å². The quantitative estimate of drug-likeness (QED) is 0.567. The van der Waals surface area contributed by atoms with E-state index in [0.717, 1.165) is 10.8 Å². The molecule has 8 heteroatoms. The average molecular weight is 400 g/mol. The van der Waals surface area contributed by atoms with E-state index in [0.29, 0.717) is 18.1 Å². The highest BCUT2D eigenvalue weighted by atomic mass is 32.2. The summed E-state index contributed by atoms with van der Waals surface area (Å²) in [6.45, 7) is 1.99. The van der Waals surface area contributed by atoms with Crippen LogP contribution in [-0.4, -0.2) is 27.5 Å². The number of hydrogen-bond acceptors (Lipinski definition) is 5. The molecule has 0 bridgehead atoms. The predicted molar refractivity (Wildman–Crippen MR) is 106 cm³/mol. The summed E-state index contributed by atoms with van der Waals surface area (Å²) in [4.78, 5) is 14.0. The Kier molecular flexibility index (Phi) is 6.13. The number of sulfonamides is 1. The Morgan fingerprint density at radius 2 is 1.57 bits per heavy atom. The summed E-state index contributed by atoms with van der Waals surface area (Å²) in [6, 6.07) is 19.1. The average Bonchev–Trinajstić information content (AvgIpc) is 2.71. The first-order valence-corrected chi connectivity index (χ1v) is 10.1. The number of carbonyl (C=O) groups is 1. The Morgan fingerprint density at radius 1 is 0.893 bits per heavy atom. The number of hydrogen-bond donors (Lipinski definition) is 2. The second-order valence-corrected chi connectivity index (χ2v) is 7.54. The first-order valence-electron chi connectivity index (χ1n) is 8.63. The van der Waals surface area contributed by atoms with Crippen molar-refractivity contribution in [1.82, 2.24) is 10.3 Å². The van der Waals surface area contributed by atoms with E-state index >= 15 is 0 Å². The molecule has 0 heterocycles. The van der Waals surface area contributed by atoms with Crippen LogP contribution in [0.25, 0.3) is 10.8 Å². The molecule has 0 fully saturated rings. The van der Waals surface area contributed by atoms with Crippen molar-refractivity contribution >= 4 is 26.7 Å². The monoisotopic (exact) mass is 400 g/mol. The van der Waals surface area contributed by atoms with Gasteiger partial charge in [0, 0.05) is 0 Å². The number of nitrogens with one attached hydrogen (secondary N) is 2. The number of amides is 1. The van der Waals surface area contributed by atoms with Gasteiger partial charge in [-0.25, -0.2) is 8.42 Å². The topological polar surface area (TPSA) is 93.7 Å². The predicted octanol–water partition coefficient (Wildman–Crippen LogP) is 2.63. The van der Waals surface area contributed by atoms with Crippen LogP contribution < -0.4 is 19.7 Å². The normalized spacial score (nSPS) is 11.2. The molecule has 2 N–H and O–H groups in total. The van der Waals surface area contributed by atoms with E-state index in [-0.39, 0.29) is 11.5 Å². The molecule has 3 aromatic carbocycles. The fraction of sp³-hybridized carbons (Fsp3) is 0.150. The minimum atomic E-state index is -3.89. The number of fused-ring (bicyclic) bond motifs is 1. The molecule has 3 aromatic rings. The van der Waals surface area contributed by atoms with Crippen LogP contribution >= 0.6 is 0 Å². The van der Waals surface area contributed by atoms with Crippen molar-refractivity contribution in [3.8, 4) is 11.5 Å². The molecule has 0 unspecified atom stereocenters. The first-order chi connectivity index (χ1) is 13.5. The van der Waals surface area contributed by atoms with Gasteiger partial charge in [-0.1, -0.05) is 30.3 Å². The van der Waals surface area contributed by atoms with E-state index in [1.54, 1.807) is 18.2 Å². The van der Waals surface area contributed by atoms with E-state index in [1.807, 2.05) is 48.2 Å². The molecule has 0 atom stereocenters. The van der Waals surface area contributed by atoms with Gasteiger partial charge in [-0.15, -0.1) is 4.83 Å².